The van der Waals surface area contributed by atoms with Gasteiger partial charge in [0.2, 0.25) is 0 Å². The van der Waals surface area contributed by atoms with Gasteiger partial charge in [0.05, 0.1) is 6.10 Å². The smallest absolute Gasteiger partial charge is 0.125 e. The van der Waals surface area contributed by atoms with Crippen LogP contribution in [0.3, 0.4) is 0 Å². The van der Waals surface area contributed by atoms with Gasteiger partial charge in [0.25, 0.3) is 0 Å². The Kier molecular flexibility index (Phi) is 5.32. The highest BCUT2D eigenvalue weighted by Gasteiger charge is 2.37. The van der Waals surface area contributed by atoms with E-state index in [4.69, 9.17) is 4.74 Å². The molecule has 0 radical (unpaired) electrons. The van der Waals surface area contributed by atoms with E-state index in [-0.39, 0.29) is 12.2 Å². The van der Waals surface area contributed by atoms with Crippen LogP contribution in [0.1, 0.15) is 58.9 Å². The van der Waals surface area contributed by atoms with Crippen molar-refractivity contribution in [3.63, 3.8) is 0 Å². The topological polar surface area (TPSA) is 29.5 Å². The third-order valence-electron chi connectivity index (χ3n) is 5.37. The monoisotopic (exact) mass is 290 g/mol. The minimum Gasteiger partial charge on any atom is -0.488 e. The Morgan fingerprint density at radius 2 is 2.00 bits per heavy atom. The largest absolute Gasteiger partial charge is 0.488 e. The zero-order valence-electron chi connectivity index (χ0n) is 13.9. The fourth-order valence-electron chi connectivity index (χ4n) is 3.25. The van der Waals surface area contributed by atoms with Gasteiger partial charge in [-0.25, -0.2) is 0 Å². The Hall–Kier alpha value is -1.02. The van der Waals surface area contributed by atoms with E-state index in [9.17, 15) is 5.11 Å². The van der Waals surface area contributed by atoms with Gasteiger partial charge < -0.3 is 9.84 Å². The summed E-state index contributed by atoms with van der Waals surface area (Å²) >= 11 is 0. The highest BCUT2D eigenvalue weighted by Crippen LogP contribution is 2.41. The van der Waals surface area contributed by atoms with E-state index in [1.807, 2.05) is 12.1 Å². The molecule has 2 heteroatoms. The predicted molar refractivity (Wildman–Crippen MR) is 87.7 cm³/mol. The molecule has 0 heterocycles. The lowest BCUT2D eigenvalue weighted by Gasteiger charge is -2.41. The molecule has 0 bridgehead atoms. The van der Waals surface area contributed by atoms with Crippen LogP contribution in [0.5, 0.6) is 5.75 Å². The maximum Gasteiger partial charge on any atom is 0.125 e. The highest BCUT2D eigenvalue weighted by molar-refractivity contribution is 5.28. The minimum absolute atomic E-state index is 0.0679. The van der Waals surface area contributed by atoms with Crippen molar-refractivity contribution in [2.75, 3.05) is 0 Å². The molecule has 2 nitrogen and oxygen atoms in total. The number of aliphatic hydroxyl groups is 1. The lowest BCUT2D eigenvalue weighted by molar-refractivity contribution is -0.0333. The van der Waals surface area contributed by atoms with Crippen LogP contribution in [0.2, 0.25) is 0 Å². The second kappa shape index (κ2) is 6.83. The van der Waals surface area contributed by atoms with Crippen LogP contribution in [0.4, 0.5) is 0 Å². The van der Waals surface area contributed by atoms with Gasteiger partial charge in [0, 0.05) is 0 Å². The number of benzene rings is 1. The van der Waals surface area contributed by atoms with Crippen molar-refractivity contribution in [3.05, 3.63) is 29.8 Å². The molecule has 0 amide bonds. The lowest BCUT2D eigenvalue weighted by Crippen LogP contribution is -2.42. The van der Waals surface area contributed by atoms with Crippen LogP contribution in [0, 0.1) is 11.3 Å². The van der Waals surface area contributed by atoms with Crippen molar-refractivity contribution in [1.29, 1.82) is 0 Å². The molecule has 1 fully saturated rings. The standard InChI is InChI=1S/C19H30O2/c1-5-14-8-7-9-16(12-14)21-18-13-15(10-11-17(18)20)19(3,4)6-2/h7-9,12,15,17-18,20H,5-6,10-11,13H2,1-4H3. The summed E-state index contributed by atoms with van der Waals surface area (Å²) in [5.41, 5.74) is 1.61. The van der Waals surface area contributed by atoms with E-state index in [0.29, 0.717) is 11.3 Å². The second-order valence-corrected chi connectivity index (χ2v) is 7.08. The highest BCUT2D eigenvalue weighted by atomic mass is 16.5. The van der Waals surface area contributed by atoms with Gasteiger partial charge in [-0.05, 0) is 54.7 Å². The van der Waals surface area contributed by atoms with E-state index < -0.39 is 0 Å². The molecule has 0 spiro atoms. The summed E-state index contributed by atoms with van der Waals surface area (Å²) in [4.78, 5) is 0. The van der Waals surface area contributed by atoms with E-state index >= 15 is 0 Å². The van der Waals surface area contributed by atoms with E-state index in [1.165, 1.54) is 12.0 Å². The Morgan fingerprint density at radius 3 is 2.67 bits per heavy atom. The van der Waals surface area contributed by atoms with Crippen molar-refractivity contribution < 1.29 is 9.84 Å². The van der Waals surface area contributed by atoms with Gasteiger partial charge in [-0.2, -0.15) is 0 Å². The van der Waals surface area contributed by atoms with Crippen LogP contribution in [0.15, 0.2) is 24.3 Å². The van der Waals surface area contributed by atoms with Crippen LogP contribution >= 0.6 is 0 Å². The molecule has 1 N–H and O–H groups in total. The Bertz CT molecular complexity index is 453. The molecule has 118 valence electrons. The summed E-state index contributed by atoms with van der Waals surface area (Å²) in [7, 11) is 0. The van der Waals surface area contributed by atoms with Crippen molar-refractivity contribution in [1.82, 2.24) is 0 Å². The van der Waals surface area contributed by atoms with Crippen LogP contribution in [-0.4, -0.2) is 17.3 Å². The summed E-state index contributed by atoms with van der Waals surface area (Å²) < 4.78 is 6.13. The van der Waals surface area contributed by atoms with Crippen molar-refractivity contribution >= 4 is 0 Å². The molecule has 2 rings (SSSR count). The third-order valence-corrected chi connectivity index (χ3v) is 5.37. The van der Waals surface area contributed by atoms with Crippen molar-refractivity contribution in [3.8, 4) is 5.75 Å². The molecule has 0 aromatic heterocycles. The summed E-state index contributed by atoms with van der Waals surface area (Å²) in [6, 6.07) is 8.26. The van der Waals surface area contributed by atoms with Crippen LogP contribution in [-0.2, 0) is 6.42 Å². The van der Waals surface area contributed by atoms with Gasteiger partial charge >= 0.3 is 0 Å². The fourth-order valence-corrected chi connectivity index (χ4v) is 3.25. The average molecular weight is 290 g/mol. The number of hydrogen-bond donors (Lipinski definition) is 1. The molecule has 1 saturated carbocycles. The summed E-state index contributed by atoms with van der Waals surface area (Å²) in [6.07, 6.45) is 4.70. The molecule has 1 aromatic carbocycles. The van der Waals surface area contributed by atoms with Crippen LogP contribution in [0.25, 0.3) is 0 Å². The maximum absolute atomic E-state index is 10.3. The first-order chi connectivity index (χ1) is 9.96. The van der Waals surface area contributed by atoms with Gasteiger partial charge in [-0.15, -0.1) is 0 Å². The number of ether oxygens (including phenoxy) is 1. The Labute approximate surface area is 129 Å². The SMILES string of the molecule is CCc1cccc(OC2CC(C(C)(C)CC)CCC2O)c1. The molecule has 21 heavy (non-hydrogen) atoms. The molecule has 3 unspecified atom stereocenters. The first kappa shape index (κ1) is 16.4. The number of aryl methyl sites for hydroxylation is 1. The fraction of sp³-hybridized carbons (Fsp3) is 0.684. The van der Waals surface area contributed by atoms with E-state index in [0.717, 1.165) is 31.4 Å². The van der Waals surface area contributed by atoms with Gasteiger partial charge in [0.1, 0.15) is 11.9 Å². The minimum atomic E-state index is -0.334. The molecule has 0 aliphatic heterocycles. The first-order valence-corrected chi connectivity index (χ1v) is 8.40. The van der Waals surface area contributed by atoms with Gasteiger partial charge in [0.15, 0.2) is 0 Å². The maximum atomic E-state index is 10.3. The van der Waals surface area contributed by atoms with Crippen molar-refractivity contribution in [2.24, 2.45) is 11.3 Å². The number of aliphatic hydroxyl groups excluding tert-OH is 1. The Balaban J connectivity index is 2.06. The predicted octanol–water partition coefficient (Wildman–Crippen LogP) is 4.59. The van der Waals surface area contributed by atoms with Crippen molar-refractivity contribution in [2.45, 2.75) is 72.0 Å². The summed E-state index contributed by atoms with van der Waals surface area (Å²) in [6.45, 7) is 9.08. The molecule has 1 aliphatic carbocycles. The normalized spacial score (nSPS) is 26.6. The second-order valence-electron chi connectivity index (χ2n) is 7.08. The summed E-state index contributed by atoms with van der Waals surface area (Å²) in [5, 5.41) is 10.3. The zero-order valence-corrected chi connectivity index (χ0v) is 13.9. The number of hydrogen-bond acceptors (Lipinski definition) is 2. The molecular formula is C19H30O2. The molecular weight excluding hydrogens is 260 g/mol. The molecule has 1 aliphatic rings. The molecule has 3 atom stereocenters. The quantitative estimate of drug-likeness (QED) is 0.859. The van der Waals surface area contributed by atoms with E-state index in [2.05, 4.69) is 39.8 Å². The van der Waals surface area contributed by atoms with Gasteiger partial charge in [-0.3, -0.25) is 0 Å². The molecule has 0 saturated heterocycles. The van der Waals surface area contributed by atoms with Crippen LogP contribution < -0.4 is 4.74 Å². The Morgan fingerprint density at radius 1 is 1.24 bits per heavy atom. The first-order valence-electron chi connectivity index (χ1n) is 8.40. The zero-order chi connectivity index (χ0) is 15.5. The third kappa shape index (κ3) is 4.00. The lowest BCUT2D eigenvalue weighted by atomic mass is 9.68. The number of rotatable bonds is 5. The average Bonchev–Trinajstić information content (AvgIpc) is 2.49. The molecule has 1 aromatic rings. The summed E-state index contributed by atoms with van der Waals surface area (Å²) in [5.74, 6) is 1.53. The van der Waals surface area contributed by atoms with Gasteiger partial charge in [-0.1, -0.05) is 46.2 Å². The van der Waals surface area contributed by atoms with E-state index in [1.54, 1.807) is 0 Å².